The maximum Gasteiger partial charge on any atom is 0.226 e. The van der Waals surface area contributed by atoms with Crippen LogP contribution in [0, 0.1) is 11.8 Å². The van der Waals surface area contributed by atoms with Crippen LogP contribution in [-0.2, 0) is 15.3 Å². The van der Waals surface area contributed by atoms with Crippen LogP contribution in [0.15, 0.2) is 22.8 Å². The number of nitrogens with zero attached hydrogens (tertiary/aromatic N) is 1. The number of likely N-dealkylation sites (tertiary alicyclic amines) is 1. The molecule has 2 fully saturated rings. The lowest BCUT2D eigenvalue weighted by atomic mass is 9.89. The second-order valence-electron chi connectivity index (χ2n) is 7.10. The summed E-state index contributed by atoms with van der Waals surface area (Å²) in [4.78, 5) is 26.9. The van der Waals surface area contributed by atoms with Gasteiger partial charge in [0, 0.05) is 32.7 Å². The molecule has 2 N–H and O–H groups in total. The summed E-state index contributed by atoms with van der Waals surface area (Å²) in [6.07, 6.45) is 5.51. The van der Waals surface area contributed by atoms with Gasteiger partial charge >= 0.3 is 0 Å². The molecule has 2 saturated heterocycles. The normalized spacial score (nSPS) is 23.2. The van der Waals surface area contributed by atoms with Crippen molar-refractivity contribution >= 4 is 23.6 Å². The van der Waals surface area contributed by atoms with Crippen molar-refractivity contribution in [1.82, 2.24) is 15.5 Å². The fourth-order valence-corrected chi connectivity index (χ4v) is 4.48. The van der Waals surface area contributed by atoms with E-state index >= 15 is 0 Å². The molecule has 0 radical (unpaired) electrons. The summed E-state index contributed by atoms with van der Waals surface area (Å²) in [5.41, 5.74) is 0. The van der Waals surface area contributed by atoms with Gasteiger partial charge in [-0.25, -0.2) is 0 Å². The zero-order valence-corrected chi connectivity index (χ0v) is 16.1. The van der Waals surface area contributed by atoms with Gasteiger partial charge in [0.15, 0.2) is 0 Å². The topological polar surface area (TPSA) is 74.6 Å². The average molecular weight is 380 g/mol. The quantitative estimate of drug-likeness (QED) is 0.675. The van der Waals surface area contributed by atoms with Crippen molar-refractivity contribution in [2.24, 2.45) is 11.8 Å². The Hall–Kier alpha value is -1.47. The summed E-state index contributed by atoms with van der Waals surface area (Å²) in [6, 6.07) is 3.88. The van der Waals surface area contributed by atoms with Crippen LogP contribution in [0.2, 0.25) is 0 Å². The van der Waals surface area contributed by atoms with E-state index in [9.17, 15) is 9.59 Å². The molecular formula is C19H29N3O3S. The number of piperidine rings is 1. The Morgan fingerprint density at radius 2 is 2.08 bits per heavy atom. The molecule has 0 unspecified atom stereocenters. The number of thioether (sulfide) groups is 1. The van der Waals surface area contributed by atoms with Crippen LogP contribution in [0.5, 0.6) is 0 Å². The van der Waals surface area contributed by atoms with Crippen LogP contribution in [0.1, 0.15) is 31.4 Å². The molecule has 0 bridgehead atoms. The highest BCUT2D eigenvalue weighted by Crippen LogP contribution is 2.21. The molecule has 3 heterocycles. The molecule has 2 aliphatic heterocycles. The predicted octanol–water partition coefficient (Wildman–Crippen LogP) is 1.87. The molecule has 144 valence electrons. The first-order chi connectivity index (χ1) is 12.7. The number of nitrogens with one attached hydrogen (secondary N) is 2. The molecule has 2 amide bonds. The molecule has 1 aromatic rings. The number of hydrogen-bond acceptors (Lipinski definition) is 5. The van der Waals surface area contributed by atoms with Crippen molar-refractivity contribution in [3.8, 4) is 0 Å². The minimum atomic E-state index is -0.101. The highest BCUT2D eigenvalue weighted by atomic mass is 32.2. The molecule has 0 aromatic carbocycles. The van der Waals surface area contributed by atoms with Gasteiger partial charge in [0.2, 0.25) is 11.8 Å². The first kappa shape index (κ1) is 19.3. The minimum Gasteiger partial charge on any atom is -0.468 e. The SMILES string of the molecule is O=C(NCCCSCc1ccco1)[C@H]1CNC[C@H](C(=O)N2CCCC2)C1. The molecule has 7 heteroatoms. The van der Waals surface area contributed by atoms with Gasteiger partial charge in [0.05, 0.1) is 23.9 Å². The molecule has 0 saturated carbocycles. The Morgan fingerprint density at radius 3 is 2.85 bits per heavy atom. The molecule has 2 atom stereocenters. The molecule has 26 heavy (non-hydrogen) atoms. The van der Waals surface area contributed by atoms with Gasteiger partial charge in [-0.2, -0.15) is 11.8 Å². The van der Waals surface area contributed by atoms with E-state index in [0.717, 1.165) is 49.6 Å². The zero-order chi connectivity index (χ0) is 18.2. The van der Waals surface area contributed by atoms with Crippen molar-refractivity contribution in [1.29, 1.82) is 0 Å². The maximum absolute atomic E-state index is 12.5. The lowest BCUT2D eigenvalue weighted by Gasteiger charge is -2.31. The number of hydrogen-bond donors (Lipinski definition) is 2. The van der Waals surface area contributed by atoms with Gasteiger partial charge in [0.1, 0.15) is 5.76 Å². The summed E-state index contributed by atoms with van der Waals surface area (Å²) in [5.74, 6) is 2.99. The molecule has 6 nitrogen and oxygen atoms in total. The van der Waals surface area contributed by atoms with Gasteiger partial charge in [-0.1, -0.05) is 0 Å². The fourth-order valence-electron chi connectivity index (χ4n) is 3.62. The molecule has 2 aliphatic rings. The lowest BCUT2D eigenvalue weighted by molar-refractivity contribution is -0.136. The fraction of sp³-hybridized carbons (Fsp3) is 0.684. The average Bonchev–Trinajstić information content (AvgIpc) is 3.37. The van der Waals surface area contributed by atoms with Crippen LogP contribution < -0.4 is 10.6 Å². The Kier molecular flexibility index (Phi) is 7.43. The van der Waals surface area contributed by atoms with Gasteiger partial charge in [-0.15, -0.1) is 0 Å². The predicted molar refractivity (Wildman–Crippen MR) is 103 cm³/mol. The smallest absolute Gasteiger partial charge is 0.226 e. The van der Waals surface area contributed by atoms with Crippen molar-refractivity contribution in [2.45, 2.75) is 31.4 Å². The zero-order valence-electron chi connectivity index (χ0n) is 15.2. The number of amides is 2. The Labute approximate surface area is 159 Å². The summed E-state index contributed by atoms with van der Waals surface area (Å²) >= 11 is 1.81. The number of carbonyl (C=O) groups excluding carboxylic acids is 2. The van der Waals surface area contributed by atoms with Gasteiger partial charge in [0.25, 0.3) is 0 Å². The van der Waals surface area contributed by atoms with Gasteiger partial charge in [-0.05, 0) is 43.6 Å². The summed E-state index contributed by atoms with van der Waals surface area (Å²) < 4.78 is 5.30. The minimum absolute atomic E-state index is 0.0542. The van der Waals surface area contributed by atoms with E-state index in [0.29, 0.717) is 26.1 Å². The standard InChI is InChI=1S/C19H29N3O3S/c23-18(21-6-4-10-26-14-17-5-3-9-25-17)15-11-16(13-20-12-15)19(24)22-7-1-2-8-22/h3,5,9,15-16,20H,1-2,4,6-8,10-14H2,(H,21,23)/t15-,16-/m1/s1. The number of furan rings is 1. The maximum atomic E-state index is 12.5. The van der Waals surface area contributed by atoms with E-state index < -0.39 is 0 Å². The van der Waals surface area contributed by atoms with Crippen LogP contribution in [0.3, 0.4) is 0 Å². The van der Waals surface area contributed by atoms with Crippen LogP contribution in [-0.4, -0.2) is 55.2 Å². The summed E-state index contributed by atoms with van der Waals surface area (Å²) in [6.45, 7) is 3.81. The van der Waals surface area contributed by atoms with Crippen LogP contribution in [0.4, 0.5) is 0 Å². The highest BCUT2D eigenvalue weighted by molar-refractivity contribution is 7.98. The van der Waals surface area contributed by atoms with E-state index in [-0.39, 0.29) is 23.7 Å². The summed E-state index contributed by atoms with van der Waals surface area (Å²) in [5, 5.41) is 6.31. The Balaban J connectivity index is 1.31. The third-order valence-corrected chi connectivity index (χ3v) is 6.14. The Bertz CT molecular complexity index is 573. The Morgan fingerprint density at radius 1 is 1.27 bits per heavy atom. The second-order valence-corrected chi connectivity index (χ2v) is 8.20. The third-order valence-electron chi connectivity index (χ3n) is 5.08. The largest absolute Gasteiger partial charge is 0.468 e. The van der Waals surface area contributed by atoms with Crippen molar-refractivity contribution in [2.75, 3.05) is 38.5 Å². The van der Waals surface area contributed by atoms with Crippen molar-refractivity contribution < 1.29 is 14.0 Å². The molecule has 0 aliphatic carbocycles. The molecule has 0 spiro atoms. The van der Waals surface area contributed by atoms with Gasteiger partial charge in [-0.3, -0.25) is 9.59 Å². The van der Waals surface area contributed by atoms with Crippen molar-refractivity contribution in [3.05, 3.63) is 24.2 Å². The molecule has 3 rings (SSSR count). The molecular weight excluding hydrogens is 350 g/mol. The second kappa shape index (κ2) is 10.0. The van der Waals surface area contributed by atoms with Gasteiger partial charge < -0.3 is 20.0 Å². The number of rotatable bonds is 8. The van der Waals surface area contributed by atoms with E-state index in [4.69, 9.17) is 4.42 Å². The van der Waals surface area contributed by atoms with E-state index in [1.807, 2.05) is 28.8 Å². The van der Waals surface area contributed by atoms with Crippen LogP contribution in [0.25, 0.3) is 0 Å². The number of carbonyl (C=O) groups is 2. The van der Waals surface area contributed by atoms with E-state index in [2.05, 4.69) is 10.6 Å². The first-order valence-electron chi connectivity index (χ1n) is 9.61. The highest BCUT2D eigenvalue weighted by Gasteiger charge is 2.33. The third kappa shape index (κ3) is 5.51. The van der Waals surface area contributed by atoms with E-state index in [1.165, 1.54) is 0 Å². The lowest BCUT2D eigenvalue weighted by Crippen LogP contribution is -2.49. The summed E-state index contributed by atoms with van der Waals surface area (Å²) in [7, 11) is 0. The monoisotopic (exact) mass is 379 g/mol. The molecule has 1 aromatic heterocycles. The van der Waals surface area contributed by atoms with Crippen molar-refractivity contribution in [3.63, 3.8) is 0 Å². The van der Waals surface area contributed by atoms with E-state index in [1.54, 1.807) is 6.26 Å². The van der Waals surface area contributed by atoms with Crippen LogP contribution >= 0.6 is 11.8 Å². The first-order valence-corrected chi connectivity index (χ1v) is 10.8.